The highest BCUT2D eigenvalue weighted by molar-refractivity contribution is 6.51. The summed E-state index contributed by atoms with van der Waals surface area (Å²) in [5.41, 5.74) is 2.83. The SMILES string of the molecule is CC(=O)Nc1cccc(N2C(=O)C(=O)/C(=C(/O)c3ccc(Cl)cc3)C2c2ccc(N(C)C)cc2)c1. The van der Waals surface area contributed by atoms with Gasteiger partial charge in [0.05, 0.1) is 11.6 Å². The molecular weight excluding hydrogens is 466 g/mol. The van der Waals surface area contributed by atoms with Gasteiger partial charge in [-0.15, -0.1) is 0 Å². The topological polar surface area (TPSA) is 90.0 Å². The molecule has 2 N–H and O–H groups in total. The van der Waals surface area contributed by atoms with Crippen molar-refractivity contribution in [1.29, 1.82) is 0 Å². The van der Waals surface area contributed by atoms with Crippen molar-refractivity contribution < 1.29 is 19.5 Å². The molecule has 1 heterocycles. The Hall–Kier alpha value is -4.10. The van der Waals surface area contributed by atoms with Crippen LogP contribution in [0.5, 0.6) is 0 Å². The number of rotatable bonds is 5. The van der Waals surface area contributed by atoms with Crippen LogP contribution in [-0.4, -0.2) is 36.8 Å². The van der Waals surface area contributed by atoms with Gasteiger partial charge in [0, 0.05) is 48.7 Å². The third kappa shape index (κ3) is 4.76. The quantitative estimate of drug-likeness (QED) is 0.299. The predicted molar refractivity (Wildman–Crippen MR) is 138 cm³/mol. The molecule has 7 nitrogen and oxygen atoms in total. The maximum atomic E-state index is 13.3. The summed E-state index contributed by atoms with van der Waals surface area (Å²) in [7, 11) is 3.82. The lowest BCUT2D eigenvalue weighted by Crippen LogP contribution is -2.29. The molecule has 0 aromatic heterocycles. The molecular formula is C27H24ClN3O4. The van der Waals surface area contributed by atoms with E-state index in [4.69, 9.17) is 11.6 Å². The third-order valence-corrected chi connectivity index (χ3v) is 5.98. The van der Waals surface area contributed by atoms with Crippen LogP contribution in [0, 0.1) is 0 Å². The number of anilines is 3. The Kier molecular flexibility index (Phi) is 6.62. The van der Waals surface area contributed by atoms with E-state index in [9.17, 15) is 19.5 Å². The molecule has 178 valence electrons. The Labute approximate surface area is 208 Å². The number of Topliss-reactive ketones (excluding diaryl/α,β-unsaturated/α-hetero) is 1. The highest BCUT2D eigenvalue weighted by atomic mass is 35.5. The fraction of sp³-hybridized carbons (Fsp3) is 0.148. The molecule has 0 bridgehead atoms. The summed E-state index contributed by atoms with van der Waals surface area (Å²) in [6, 6.07) is 19.6. The average Bonchev–Trinajstić information content (AvgIpc) is 3.09. The van der Waals surface area contributed by atoms with E-state index in [0.717, 1.165) is 5.69 Å². The van der Waals surface area contributed by atoms with Crippen molar-refractivity contribution in [1.82, 2.24) is 0 Å². The van der Waals surface area contributed by atoms with Crippen LogP contribution < -0.4 is 15.1 Å². The number of aliphatic hydroxyl groups is 1. The van der Waals surface area contributed by atoms with Crippen LogP contribution in [0.4, 0.5) is 17.1 Å². The zero-order valence-corrected chi connectivity index (χ0v) is 20.2. The minimum absolute atomic E-state index is 0.0279. The number of halogens is 1. The van der Waals surface area contributed by atoms with Crippen LogP contribution in [-0.2, 0) is 14.4 Å². The van der Waals surface area contributed by atoms with E-state index in [1.807, 2.05) is 43.3 Å². The third-order valence-electron chi connectivity index (χ3n) is 5.73. The molecule has 8 heteroatoms. The fourth-order valence-electron chi connectivity index (χ4n) is 4.07. The van der Waals surface area contributed by atoms with E-state index in [-0.39, 0.29) is 17.2 Å². The van der Waals surface area contributed by atoms with E-state index in [1.54, 1.807) is 48.5 Å². The van der Waals surface area contributed by atoms with Gasteiger partial charge < -0.3 is 15.3 Å². The van der Waals surface area contributed by atoms with Crippen LogP contribution in [0.25, 0.3) is 5.76 Å². The summed E-state index contributed by atoms with van der Waals surface area (Å²) in [6.07, 6.45) is 0. The smallest absolute Gasteiger partial charge is 0.300 e. The Bertz CT molecular complexity index is 1330. The van der Waals surface area contributed by atoms with Gasteiger partial charge in [-0.05, 0) is 60.2 Å². The normalized spacial score (nSPS) is 16.9. The summed E-state index contributed by atoms with van der Waals surface area (Å²) in [5, 5.41) is 14.4. The molecule has 0 aliphatic carbocycles. The summed E-state index contributed by atoms with van der Waals surface area (Å²) < 4.78 is 0. The zero-order valence-electron chi connectivity index (χ0n) is 19.4. The molecule has 0 spiro atoms. The van der Waals surface area contributed by atoms with Crippen molar-refractivity contribution in [3.05, 3.63) is 94.5 Å². The fourth-order valence-corrected chi connectivity index (χ4v) is 4.20. The van der Waals surface area contributed by atoms with Crippen LogP contribution in [0.1, 0.15) is 24.1 Å². The maximum absolute atomic E-state index is 13.3. The lowest BCUT2D eigenvalue weighted by atomic mass is 9.95. The predicted octanol–water partition coefficient (Wildman–Crippen LogP) is 4.99. The van der Waals surface area contributed by atoms with Gasteiger partial charge in [-0.1, -0.05) is 29.8 Å². The van der Waals surface area contributed by atoms with Gasteiger partial charge in [-0.25, -0.2) is 0 Å². The maximum Gasteiger partial charge on any atom is 0.300 e. The van der Waals surface area contributed by atoms with Crippen LogP contribution in [0.3, 0.4) is 0 Å². The van der Waals surface area contributed by atoms with Crippen molar-refractivity contribution in [2.75, 3.05) is 29.2 Å². The van der Waals surface area contributed by atoms with Crippen molar-refractivity contribution in [2.24, 2.45) is 0 Å². The number of ketones is 1. The molecule has 35 heavy (non-hydrogen) atoms. The van der Waals surface area contributed by atoms with Gasteiger partial charge in [0.25, 0.3) is 11.7 Å². The first-order chi connectivity index (χ1) is 16.7. The molecule has 1 unspecified atom stereocenters. The number of carbonyl (C=O) groups excluding carboxylic acids is 3. The molecule has 1 fully saturated rings. The Morgan fingerprint density at radius 2 is 1.66 bits per heavy atom. The largest absolute Gasteiger partial charge is 0.507 e. The summed E-state index contributed by atoms with van der Waals surface area (Å²) in [6.45, 7) is 1.39. The number of nitrogens with zero attached hydrogens (tertiary/aromatic N) is 2. The van der Waals surface area contributed by atoms with Crippen molar-refractivity contribution in [3.63, 3.8) is 0 Å². The molecule has 0 saturated carbocycles. The monoisotopic (exact) mass is 489 g/mol. The number of hydrogen-bond acceptors (Lipinski definition) is 5. The first-order valence-corrected chi connectivity index (χ1v) is 11.3. The number of aliphatic hydroxyl groups excluding tert-OH is 1. The van der Waals surface area contributed by atoms with Gasteiger partial charge in [0.2, 0.25) is 5.91 Å². The molecule has 3 aromatic rings. The van der Waals surface area contributed by atoms with Gasteiger partial charge in [-0.3, -0.25) is 19.3 Å². The minimum atomic E-state index is -0.880. The number of benzene rings is 3. The van der Waals surface area contributed by atoms with E-state index < -0.39 is 17.7 Å². The van der Waals surface area contributed by atoms with E-state index in [2.05, 4.69) is 5.32 Å². The zero-order chi connectivity index (χ0) is 25.3. The molecule has 1 aliphatic heterocycles. The standard InChI is InChI=1S/C27H24ClN3O4/c1-16(32)29-20-5-4-6-22(15-20)31-24(17-9-13-21(14-10-17)30(2)3)23(26(34)27(31)35)25(33)18-7-11-19(28)12-8-18/h4-15,24,33H,1-3H3,(H,29,32)/b25-23+. The highest BCUT2D eigenvalue weighted by Crippen LogP contribution is 2.43. The molecule has 1 saturated heterocycles. The second kappa shape index (κ2) is 9.64. The minimum Gasteiger partial charge on any atom is -0.507 e. The summed E-state index contributed by atoms with van der Waals surface area (Å²) in [5.74, 6) is -2.13. The Balaban J connectivity index is 1.90. The van der Waals surface area contributed by atoms with E-state index >= 15 is 0 Å². The number of nitrogens with one attached hydrogen (secondary N) is 1. The first kappa shape index (κ1) is 24.0. The second-order valence-electron chi connectivity index (χ2n) is 8.39. The van der Waals surface area contributed by atoms with Gasteiger partial charge in [0.1, 0.15) is 5.76 Å². The molecule has 0 radical (unpaired) electrons. The van der Waals surface area contributed by atoms with Gasteiger partial charge in [-0.2, -0.15) is 0 Å². The number of hydrogen-bond donors (Lipinski definition) is 2. The molecule has 1 aliphatic rings. The van der Waals surface area contributed by atoms with E-state index in [1.165, 1.54) is 11.8 Å². The van der Waals surface area contributed by atoms with E-state index in [0.29, 0.717) is 27.5 Å². The van der Waals surface area contributed by atoms with Crippen LogP contribution in [0.2, 0.25) is 5.02 Å². The Morgan fingerprint density at radius 3 is 2.26 bits per heavy atom. The molecule has 4 rings (SSSR count). The first-order valence-electron chi connectivity index (χ1n) is 10.9. The molecule has 1 atom stereocenters. The van der Waals surface area contributed by atoms with Crippen molar-refractivity contribution in [2.45, 2.75) is 13.0 Å². The average molecular weight is 490 g/mol. The van der Waals surface area contributed by atoms with Crippen molar-refractivity contribution >= 4 is 52.0 Å². The Morgan fingerprint density at radius 1 is 1.00 bits per heavy atom. The number of carbonyl (C=O) groups is 3. The van der Waals surface area contributed by atoms with Crippen molar-refractivity contribution in [3.8, 4) is 0 Å². The molecule has 3 aromatic carbocycles. The van der Waals surface area contributed by atoms with Crippen LogP contribution >= 0.6 is 11.6 Å². The summed E-state index contributed by atoms with van der Waals surface area (Å²) in [4.78, 5) is 41.4. The second-order valence-corrected chi connectivity index (χ2v) is 8.83. The number of amides is 2. The highest BCUT2D eigenvalue weighted by Gasteiger charge is 2.47. The summed E-state index contributed by atoms with van der Waals surface area (Å²) >= 11 is 5.99. The van der Waals surface area contributed by atoms with Gasteiger partial charge in [0.15, 0.2) is 0 Å². The lowest BCUT2D eigenvalue weighted by molar-refractivity contribution is -0.132. The lowest BCUT2D eigenvalue weighted by Gasteiger charge is -2.26. The molecule has 2 amide bonds. The van der Waals surface area contributed by atoms with Gasteiger partial charge >= 0.3 is 0 Å². The van der Waals surface area contributed by atoms with Crippen LogP contribution in [0.15, 0.2) is 78.4 Å².